The Labute approximate surface area is 124 Å². The third-order valence-corrected chi connectivity index (χ3v) is 3.02. The Morgan fingerprint density at radius 2 is 1.95 bits per heavy atom. The minimum absolute atomic E-state index is 0.0426. The first-order valence-corrected chi connectivity index (χ1v) is 6.64. The van der Waals surface area contributed by atoms with Crippen LogP contribution in [0.25, 0.3) is 0 Å². The second-order valence-corrected chi connectivity index (χ2v) is 4.56. The van der Waals surface area contributed by atoms with Crippen LogP contribution in [0.3, 0.4) is 0 Å². The van der Waals surface area contributed by atoms with Crippen LogP contribution in [0, 0.1) is 11.8 Å². The van der Waals surface area contributed by atoms with Gasteiger partial charge in [0.15, 0.2) is 0 Å². The van der Waals surface area contributed by atoms with E-state index in [2.05, 4.69) is 16.8 Å². The van der Waals surface area contributed by atoms with Gasteiger partial charge in [0, 0.05) is 37.1 Å². The molecule has 2 N–H and O–H groups in total. The molecule has 0 saturated heterocycles. The van der Waals surface area contributed by atoms with Gasteiger partial charge in [0.2, 0.25) is 0 Å². The summed E-state index contributed by atoms with van der Waals surface area (Å²) in [5.74, 6) is 5.84. The number of hydrogen-bond donors (Lipinski definition) is 1. The first-order chi connectivity index (χ1) is 10.2. The van der Waals surface area contributed by atoms with Gasteiger partial charge in [-0.3, -0.25) is 9.78 Å². The fourth-order valence-electron chi connectivity index (χ4n) is 1.97. The Hall–Kier alpha value is -2.64. The zero-order chi connectivity index (χ0) is 15.1. The minimum Gasteiger partial charge on any atom is -0.337 e. The molecule has 21 heavy (non-hydrogen) atoms. The third kappa shape index (κ3) is 3.91. The van der Waals surface area contributed by atoms with E-state index in [0.29, 0.717) is 18.7 Å². The van der Waals surface area contributed by atoms with Crippen molar-refractivity contribution < 1.29 is 4.79 Å². The first kappa shape index (κ1) is 14.8. The molecule has 0 unspecified atom stereocenters. The summed E-state index contributed by atoms with van der Waals surface area (Å²) in [5.41, 5.74) is 7.93. The topological polar surface area (TPSA) is 59.2 Å². The van der Waals surface area contributed by atoms with Crippen LogP contribution < -0.4 is 5.73 Å². The van der Waals surface area contributed by atoms with Crippen molar-refractivity contribution in [1.82, 2.24) is 9.88 Å². The van der Waals surface area contributed by atoms with Crippen molar-refractivity contribution in [1.29, 1.82) is 0 Å². The van der Waals surface area contributed by atoms with Crippen molar-refractivity contribution in [3.05, 3.63) is 65.5 Å². The van der Waals surface area contributed by atoms with Gasteiger partial charge in [-0.05, 0) is 23.8 Å². The van der Waals surface area contributed by atoms with Gasteiger partial charge in [0.05, 0.1) is 6.54 Å². The lowest BCUT2D eigenvalue weighted by Crippen LogP contribution is -2.26. The molecule has 2 rings (SSSR count). The Morgan fingerprint density at radius 3 is 2.67 bits per heavy atom. The third-order valence-electron chi connectivity index (χ3n) is 3.02. The number of pyridine rings is 1. The number of carbonyl (C=O) groups is 1. The monoisotopic (exact) mass is 279 g/mol. The summed E-state index contributed by atoms with van der Waals surface area (Å²) in [6, 6.07) is 11.2. The summed E-state index contributed by atoms with van der Waals surface area (Å²) in [6.07, 6.45) is 3.23. The van der Waals surface area contributed by atoms with Crippen LogP contribution >= 0.6 is 0 Å². The highest BCUT2D eigenvalue weighted by atomic mass is 16.2. The molecular formula is C17H17N3O. The summed E-state index contributed by atoms with van der Waals surface area (Å²) in [7, 11) is 1.77. The number of amides is 1. The van der Waals surface area contributed by atoms with Gasteiger partial charge in [-0.1, -0.05) is 30.0 Å². The highest BCUT2D eigenvalue weighted by Gasteiger charge is 2.12. The van der Waals surface area contributed by atoms with Crippen molar-refractivity contribution in [2.45, 2.75) is 6.54 Å². The SMILES string of the molecule is CN(Cc1ccccc1C#CCN)C(=O)c1ccncc1. The van der Waals surface area contributed by atoms with E-state index in [1.807, 2.05) is 24.3 Å². The molecule has 106 valence electrons. The molecule has 2 aromatic rings. The highest BCUT2D eigenvalue weighted by Crippen LogP contribution is 2.12. The van der Waals surface area contributed by atoms with Crippen molar-refractivity contribution >= 4 is 5.91 Å². The summed E-state index contributed by atoms with van der Waals surface area (Å²) >= 11 is 0. The van der Waals surface area contributed by atoms with Gasteiger partial charge in [-0.15, -0.1) is 0 Å². The molecule has 1 heterocycles. The number of benzene rings is 1. The van der Waals surface area contributed by atoms with Crippen molar-refractivity contribution in [2.24, 2.45) is 5.73 Å². The van der Waals surface area contributed by atoms with Gasteiger partial charge >= 0.3 is 0 Å². The molecule has 0 aliphatic carbocycles. The largest absolute Gasteiger partial charge is 0.337 e. The van der Waals surface area contributed by atoms with E-state index >= 15 is 0 Å². The van der Waals surface area contributed by atoms with Gasteiger partial charge in [-0.2, -0.15) is 0 Å². The van der Waals surface area contributed by atoms with E-state index < -0.39 is 0 Å². The lowest BCUT2D eigenvalue weighted by Gasteiger charge is -2.18. The predicted octanol–water partition coefficient (Wildman–Crippen LogP) is 1.66. The summed E-state index contributed by atoms with van der Waals surface area (Å²) in [4.78, 5) is 17.9. The maximum atomic E-state index is 12.3. The van der Waals surface area contributed by atoms with Gasteiger partial charge in [0.1, 0.15) is 0 Å². The maximum Gasteiger partial charge on any atom is 0.254 e. The molecule has 4 heteroatoms. The average molecular weight is 279 g/mol. The normalized spacial score (nSPS) is 9.62. The molecule has 1 aromatic carbocycles. The Balaban J connectivity index is 2.16. The van der Waals surface area contributed by atoms with Gasteiger partial charge in [0.25, 0.3) is 5.91 Å². The van der Waals surface area contributed by atoms with Crippen LogP contribution in [0.4, 0.5) is 0 Å². The molecule has 0 fully saturated rings. The maximum absolute atomic E-state index is 12.3. The molecule has 0 atom stereocenters. The molecule has 4 nitrogen and oxygen atoms in total. The van der Waals surface area contributed by atoms with Crippen LogP contribution in [0.5, 0.6) is 0 Å². The Morgan fingerprint density at radius 1 is 1.24 bits per heavy atom. The fourth-order valence-corrected chi connectivity index (χ4v) is 1.97. The molecule has 0 aliphatic heterocycles. The Kier molecular flexibility index (Phi) is 5.08. The number of nitrogens with two attached hydrogens (primary N) is 1. The smallest absolute Gasteiger partial charge is 0.254 e. The molecule has 1 amide bonds. The molecule has 0 aliphatic rings. The summed E-state index contributed by atoms with van der Waals surface area (Å²) < 4.78 is 0. The molecule has 0 radical (unpaired) electrons. The van der Waals surface area contributed by atoms with Crippen LogP contribution in [-0.2, 0) is 6.54 Å². The molecular weight excluding hydrogens is 262 g/mol. The van der Waals surface area contributed by atoms with Crippen LogP contribution in [0.15, 0.2) is 48.8 Å². The standard InChI is InChI=1S/C17H17N3O/c1-20(17(21)15-8-11-19-12-9-15)13-16-6-3-2-5-14(16)7-4-10-18/h2-3,5-6,8-9,11-12H,10,13,18H2,1H3. The van der Waals surface area contributed by atoms with Crippen LogP contribution in [0.2, 0.25) is 0 Å². The second kappa shape index (κ2) is 7.22. The fraction of sp³-hybridized carbons (Fsp3) is 0.176. The number of hydrogen-bond acceptors (Lipinski definition) is 3. The predicted molar refractivity (Wildman–Crippen MR) is 82.4 cm³/mol. The molecule has 0 spiro atoms. The number of rotatable bonds is 3. The van der Waals surface area contributed by atoms with Crippen molar-refractivity contribution in [3.63, 3.8) is 0 Å². The zero-order valence-corrected chi connectivity index (χ0v) is 11.9. The van der Waals surface area contributed by atoms with E-state index in [-0.39, 0.29) is 5.91 Å². The molecule has 1 aromatic heterocycles. The summed E-state index contributed by atoms with van der Waals surface area (Å²) in [5, 5.41) is 0. The van der Waals surface area contributed by atoms with Crippen molar-refractivity contribution in [3.8, 4) is 11.8 Å². The first-order valence-electron chi connectivity index (χ1n) is 6.64. The van der Waals surface area contributed by atoms with Crippen LogP contribution in [0.1, 0.15) is 21.5 Å². The number of carbonyl (C=O) groups excluding carboxylic acids is 1. The quantitative estimate of drug-likeness (QED) is 0.869. The molecule has 0 saturated carbocycles. The Bertz CT molecular complexity index is 671. The van der Waals surface area contributed by atoms with E-state index in [0.717, 1.165) is 11.1 Å². The van der Waals surface area contributed by atoms with Gasteiger partial charge in [-0.25, -0.2) is 0 Å². The van der Waals surface area contributed by atoms with E-state index in [4.69, 9.17) is 5.73 Å². The van der Waals surface area contributed by atoms with Crippen molar-refractivity contribution in [2.75, 3.05) is 13.6 Å². The van der Waals surface area contributed by atoms with Gasteiger partial charge < -0.3 is 10.6 Å². The zero-order valence-electron chi connectivity index (χ0n) is 11.9. The highest BCUT2D eigenvalue weighted by molar-refractivity contribution is 5.93. The van der Waals surface area contributed by atoms with E-state index in [9.17, 15) is 4.79 Å². The number of nitrogens with zero attached hydrogens (tertiary/aromatic N) is 2. The molecule has 0 bridgehead atoms. The second-order valence-electron chi connectivity index (χ2n) is 4.56. The van der Waals surface area contributed by atoms with Crippen LogP contribution in [-0.4, -0.2) is 29.4 Å². The lowest BCUT2D eigenvalue weighted by molar-refractivity contribution is 0.0785. The average Bonchev–Trinajstić information content (AvgIpc) is 2.54. The number of aromatic nitrogens is 1. The van der Waals surface area contributed by atoms with E-state index in [1.165, 1.54) is 0 Å². The lowest BCUT2D eigenvalue weighted by atomic mass is 10.1. The summed E-state index contributed by atoms with van der Waals surface area (Å²) in [6.45, 7) is 0.816. The minimum atomic E-state index is -0.0426. The van der Waals surface area contributed by atoms with E-state index in [1.54, 1.807) is 36.5 Å².